The summed E-state index contributed by atoms with van der Waals surface area (Å²) in [5.41, 5.74) is 7.71. The zero-order chi connectivity index (χ0) is 12.3. The van der Waals surface area contributed by atoms with Crippen LogP contribution in [-0.4, -0.2) is 32.2 Å². The molecule has 0 atom stereocenters. The van der Waals surface area contributed by atoms with Crippen LogP contribution in [0.25, 0.3) is 0 Å². The van der Waals surface area contributed by atoms with Crippen LogP contribution < -0.4 is 5.73 Å². The maximum Gasteiger partial charge on any atom is 0.164 e. The molecule has 2 rings (SSSR count). The Kier molecular flexibility index (Phi) is 3.34. The molecule has 2 N–H and O–H groups in total. The Labute approximate surface area is 100 Å². The summed E-state index contributed by atoms with van der Waals surface area (Å²) in [5.74, 6) is 0.844. The average molecular weight is 232 g/mol. The van der Waals surface area contributed by atoms with Crippen molar-refractivity contribution in [2.75, 3.05) is 12.8 Å². The Morgan fingerprint density at radius 1 is 1.35 bits per heavy atom. The van der Waals surface area contributed by atoms with Crippen LogP contribution in [0.4, 0.5) is 5.69 Å². The fourth-order valence-electron chi connectivity index (χ4n) is 1.68. The molecule has 0 radical (unpaired) electrons. The highest BCUT2D eigenvalue weighted by molar-refractivity contribution is 5.40. The average Bonchev–Trinajstić information content (AvgIpc) is 2.64. The van der Waals surface area contributed by atoms with E-state index >= 15 is 0 Å². The van der Waals surface area contributed by atoms with Crippen molar-refractivity contribution in [1.82, 2.24) is 25.1 Å². The van der Waals surface area contributed by atoms with Gasteiger partial charge < -0.3 is 5.73 Å². The Bertz CT molecular complexity index is 492. The summed E-state index contributed by atoms with van der Waals surface area (Å²) in [6, 6.07) is 7.88. The molecule has 17 heavy (non-hydrogen) atoms. The lowest BCUT2D eigenvalue weighted by Crippen LogP contribution is -2.19. The van der Waals surface area contributed by atoms with Gasteiger partial charge in [-0.2, -0.15) is 0 Å². The summed E-state index contributed by atoms with van der Waals surface area (Å²) in [5, 5.41) is 11.4. The van der Waals surface area contributed by atoms with E-state index in [0.29, 0.717) is 6.54 Å². The molecule has 6 heteroatoms. The van der Waals surface area contributed by atoms with Crippen LogP contribution in [-0.2, 0) is 20.1 Å². The minimum Gasteiger partial charge on any atom is -0.399 e. The van der Waals surface area contributed by atoms with Crippen molar-refractivity contribution in [1.29, 1.82) is 0 Å². The molecule has 1 aromatic carbocycles. The number of benzene rings is 1. The third-order valence-electron chi connectivity index (χ3n) is 2.52. The molecular weight excluding hydrogens is 216 g/mol. The topological polar surface area (TPSA) is 72.9 Å². The van der Waals surface area contributed by atoms with Gasteiger partial charge in [0.15, 0.2) is 5.82 Å². The minimum absolute atomic E-state index is 0.707. The standard InChI is InChI=1S/C11H16N6/c1-16(8-11-13-14-15-17(11)2)7-9-4-3-5-10(12)6-9/h3-6H,7-8,12H2,1-2H3. The second-order valence-electron chi connectivity index (χ2n) is 4.14. The third kappa shape index (κ3) is 3.01. The largest absolute Gasteiger partial charge is 0.399 e. The summed E-state index contributed by atoms with van der Waals surface area (Å²) in [6.45, 7) is 1.52. The highest BCUT2D eigenvalue weighted by atomic mass is 15.5. The third-order valence-corrected chi connectivity index (χ3v) is 2.52. The van der Waals surface area contributed by atoms with Crippen molar-refractivity contribution in [2.45, 2.75) is 13.1 Å². The van der Waals surface area contributed by atoms with Gasteiger partial charge in [-0.05, 0) is 35.2 Å². The number of rotatable bonds is 4. The highest BCUT2D eigenvalue weighted by Crippen LogP contribution is 2.09. The summed E-state index contributed by atoms with van der Waals surface area (Å²) in [4.78, 5) is 2.14. The lowest BCUT2D eigenvalue weighted by Gasteiger charge is -2.15. The lowest BCUT2D eigenvalue weighted by atomic mass is 10.2. The Morgan fingerprint density at radius 2 is 2.18 bits per heavy atom. The molecule has 0 amide bonds. The maximum atomic E-state index is 5.74. The van der Waals surface area contributed by atoms with Gasteiger partial charge >= 0.3 is 0 Å². The molecule has 0 spiro atoms. The van der Waals surface area contributed by atoms with E-state index in [1.165, 1.54) is 5.56 Å². The zero-order valence-corrected chi connectivity index (χ0v) is 10.0. The number of hydrogen-bond acceptors (Lipinski definition) is 5. The maximum absolute atomic E-state index is 5.74. The van der Waals surface area contributed by atoms with Crippen LogP contribution >= 0.6 is 0 Å². The number of tetrazole rings is 1. The SMILES string of the molecule is CN(Cc1cccc(N)c1)Cc1nnnn1C. The number of nitrogens with zero attached hydrogens (tertiary/aromatic N) is 5. The van der Waals surface area contributed by atoms with Crippen LogP contribution in [0.2, 0.25) is 0 Å². The van der Waals surface area contributed by atoms with Gasteiger partial charge in [-0.3, -0.25) is 4.90 Å². The summed E-state index contributed by atoms with van der Waals surface area (Å²) >= 11 is 0. The Hall–Kier alpha value is -1.95. The first-order valence-electron chi connectivity index (χ1n) is 5.39. The molecule has 0 fully saturated rings. The van der Waals surface area contributed by atoms with Crippen molar-refractivity contribution in [3.63, 3.8) is 0 Å². The van der Waals surface area contributed by atoms with Gasteiger partial charge in [0, 0.05) is 19.3 Å². The number of aromatic nitrogens is 4. The van der Waals surface area contributed by atoms with Crippen molar-refractivity contribution < 1.29 is 0 Å². The smallest absolute Gasteiger partial charge is 0.164 e. The van der Waals surface area contributed by atoms with Crippen LogP contribution in [0, 0.1) is 0 Å². The number of hydrogen-bond donors (Lipinski definition) is 1. The quantitative estimate of drug-likeness (QED) is 0.774. The van der Waals surface area contributed by atoms with Crippen LogP contribution in [0.5, 0.6) is 0 Å². The first-order chi connectivity index (χ1) is 8.15. The van der Waals surface area contributed by atoms with Gasteiger partial charge in [0.05, 0.1) is 6.54 Å². The molecule has 0 bridgehead atoms. The van der Waals surface area contributed by atoms with E-state index in [1.54, 1.807) is 4.68 Å². The number of aryl methyl sites for hydroxylation is 1. The van der Waals surface area contributed by atoms with Gasteiger partial charge in [0.1, 0.15) is 0 Å². The highest BCUT2D eigenvalue weighted by Gasteiger charge is 2.07. The molecule has 0 saturated carbocycles. The zero-order valence-electron chi connectivity index (χ0n) is 10.0. The lowest BCUT2D eigenvalue weighted by molar-refractivity contribution is 0.305. The number of nitrogen functional groups attached to an aromatic ring is 1. The van der Waals surface area contributed by atoms with Gasteiger partial charge in [-0.1, -0.05) is 12.1 Å². The number of anilines is 1. The van der Waals surface area contributed by atoms with E-state index in [9.17, 15) is 0 Å². The summed E-state index contributed by atoms with van der Waals surface area (Å²) in [7, 11) is 3.86. The van der Waals surface area contributed by atoms with Gasteiger partial charge in [0.25, 0.3) is 0 Å². The van der Waals surface area contributed by atoms with E-state index in [1.807, 2.05) is 32.3 Å². The number of nitrogens with two attached hydrogens (primary N) is 1. The van der Waals surface area contributed by atoms with Crippen LogP contribution in [0.1, 0.15) is 11.4 Å². The molecule has 0 saturated heterocycles. The molecule has 0 unspecified atom stereocenters. The summed E-state index contributed by atoms with van der Waals surface area (Å²) in [6.07, 6.45) is 0. The normalized spacial score (nSPS) is 11.0. The van der Waals surface area contributed by atoms with Gasteiger partial charge in [-0.15, -0.1) is 5.10 Å². The fraction of sp³-hybridized carbons (Fsp3) is 0.364. The van der Waals surface area contributed by atoms with Crippen molar-refractivity contribution in [2.24, 2.45) is 7.05 Å². The van der Waals surface area contributed by atoms with E-state index < -0.39 is 0 Å². The minimum atomic E-state index is 0.707. The first kappa shape index (κ1) is 11.5. The molecule has 90 valence electrons. The van der Waals surface area contributed by atoms with Crippen molar-refractivity contribution in [3.05, 3.63) is 35.7 Å². The van der Waals surface area contributed by atoms with E-state index in [2.05, 4.69) is 26.5 Å². The predicted octanol–water partition coefficient (Wildman–Crippen LogP) is 0.424. The Morgan fingerprint density at radius 3 is 2.82 bits per heavy atom. The molecule has 0 aliphatic heterocycles. The second kappa shape index (κ2) is 4.92. The van der Waals surface area contributed by atoms with Crippen LogP contribution in [0.3, 0.4) is 0 Å². The summed E-state index contributed by atoms with van der Waals surface area (Å²) < 4.78 is 1.68. The van der Waals surface area contributed by atoms with E-state index in [-0.39, 0.29) is 0 Å². The van der Waals surface area contributed by atoms with E-state index in [0.717, 1.165) is 18.1 Å². The molecule has 1 aromatic heterocycles. The van der Waals surface area contributed by atoms with E-state index in [4.69, 9.17) is 5.73 Å². The molecule has 2 aromatic rings. The Balaban J connectivity index is 1.98. The molecule has 0 aliphatic carbocycles. The fourth-order valence-corrected chi connectivity index (χ4v) is 1.68. The molecule has 1 heterocycles. The van der Waals surface area contributed by atoms with Gasteiger partial charge in [-0.25, -0.2) is 4.68 Å². The second-order valence-corrected chi connectivity index (χ2v) is 4.14. The first-order valence-corrected chi connectivity index (χ1v) is 5.39. The monoisotopic (exact) mass is 232 g/mol. The molecule has 0 aliphatic rings. The predicted molar refractivity (Wildman–Crippen MR) is 64.8 cm³/mol. The van der Waals surface area contributed by atoms with Crippen molar-refractivity contribution in [3.8, 4) is 0 Å². The van der Waals surface area contributed by atoms with Crippen LogP contribution in [0.15, 0.2) is 24.3 Å². The molecule has 6 nitrogen and oxygen atoms in total. The van der Waals surface area contributed by atoms with Crippen molar-refractivity contribution >= 4 is 5.69 Å². The molecular formula is C11H16N6. The van der Waals surface area contributed by atoms with Gasteiger partial charge in [0.2, 0.25) is 0 Å².